The van der Waals surface area contributed by atoms with Crippen molar-refractivity contribution in [1.29, 1.82) is 0 Å². The molecule has 0 unspecified atom stereocenters. The number of rotatable bonds is 7. The summed E-state index contributed by atoms with van der Waals surface area (Å²) in [7, 11) is 0. The minimum atomic E-state index is -4.41. The highest BCUT2D eigenvalue weighted by Crippen LogP contribution is 2.12. The number of hydrogen-bond acceptors (Lipinski definition) is 4. The molecule has 0 saturated heterocycles. The van der Waals surface area contributed by atoms with Crippen LogP contribution in [0.5, 0.6) is 0 Å². The van der Waals surface area contributed by atoms with Gasteiger partial charge in [0.2, 0.25) is 5.91 Å². The van der Waals surface area contributed by atoms with Crippen molar-refractivity contribution in [2.45, 2.75) is 32.0 Å². The van der Waals surface area contributed by atoms with Crippen molar-refractivity contribution in [3.63, 3.8) is 0 Å². The molecule has 1 aromatic heterocycles. The van der Waals surface area contributed by atoms with Crippen molar-refractivity contribution in [2.24, 2.45) is 5.73 Å². The molecular weight excluding hydrogens is 263 g/mol. The molecular formula is C10H16F3N5O. The Kier molecular flexibility index (Phi) is 5.74. The molecule has 1 amide bonds. The van der Waals surface area contributed by atoms with Gasteiger partial charge in [-0.2, -0.15) is 13.2 Å². The summed E-state index contributed by atoms with van der Waals surface area (Å²) in [6, 6.07) is 0. The third-order valence-electron chi connectivity index (χ3n) is 2.26. The largest absolute Gasteiger partial charge is 0.405 e. The van der Waals surface area contributed by atoms with Crippen LogP contribution in [0.15, 0.2) is 6.20 Å². The van der Waals surface area contributed by atoms with E-state index in [1.165, 1.54) is 4.68 Å². The van der Waals surface area contributed by atoms with Crippen LogP contribution < -0.4 is 11.1 Å². The molecule has 0 spiro atoms. The van der Waals surface area contributed by atoms with E-state index >= 15 is 0 Å². The van der Waals surface area contributed by atoms with Crippen molar-refractivity contribution >= 4 is 5.91 Å². The van der Waals surface area contributed by atoms with Crippen LogP contribution in [-0.2, 0) is 17.8 Å². The fourth-order valence-corrected chi connectivity index (χ4v) is 1.38. The highest BCUT2D eigenvalue weighted by molar-refractivity contribution is 5.75. The Labute approximate surface area is 108 Å². The van der Waals surface area contributed by atoms with Crippen LogP contribution in [0.2, 0.25) is 0 Å². The van der Waals surface area contributed by atoms with E-state index in [4.69, 9.17) is 5.73 Å². The Morgan fingerprint density at radius 3 is 2.79 bits per heavy atom. The summed E-state index contributed by atoms with van der Waals surface area (Å²) in [5.74, 6) is -0.754. The molecule has 0 aromatic carbocycles. The molecule has 1 rings (SSSR count). The number of aryl methyl sites for hydroxylation is 1. The molecule has 0 aliphatic carbocycles. The van der Waals surface area contributed by atoms with E-state index in [1.807, 2.05) is 0 Å². The third-order valence-corrected chi connectivity index (χ3v) is 2.26. The van der Waals surface area contributed by atoms with Crippen LogP contribution in [-0.4, -0.2) is 40.2 Å². The number of aromatic nitrogens is 3. The summed E-state index contributed by atoms with van der Waals surface area (Å²) < 4.78 is 36.8. The van der Waals surface area contributed by atoms with Crippen LogP contribution in [0.1, 0.15) is 18.5 Å². The zero-order valence-electron chi connectivity index (χ0n) is 10.3. The van der Waals surface area contributed by atoms with Crippen LogP contribution >= 0.6 is 0 Å². The molecule has 0 radical (unpaired) electrons. The third kappa shape index (κ3) is 6.75. The maximum absolute atomic E-state index is 11.9. The fraction of sp³-hybridized carbons (Fsp3) is 0.700. The average Bonchev–Trinajstić information content (AvgIpc) is 2.74. The molecule has 0 fully saturated rings. The number of hydrogen-bond donors (Lipinski definition) is 2. The van der Waals surface area contributed by atoms with Gasteiger partial charge in [-0.1, -0.05) is 5.21 Å². The molecule has 6 nitrogen and oxygen atoms in total. The number of carbonyl (C=O) groups excluding carboxylic acids is 1. The van der Waals surface area contributed by atoms with Gasteiger partial charge in [-0.05, 0) is 25.8 Å². The van der Waals surface area contributed by atoms with E-state index in [0.29, 0.717) is 18.7 Å². The smallest absolute Gasteiger partial charge is 0.345 e. The van der Waals surface area contributed by atoms with E-state index < -0.39 is 18.6 Å². The SMILES string of the molecule is NCCCCc1cn(CC(=O)NCC(F)(F)F)nn1. The number of alkyl halides is 3. The Hall–Kier alpha value is -1.64. The van der Waals surface area contributed by atoms with Gasteiger partial charge in [-0.15, -0.1) is 5.10 Å². The quantitative estimate of drug-likeness (QED) is 0.700. The lowest BCUT2D eigenvalue weighted by Gasteiger charge is -2.07. The summed E-state index contributed by atoms with van der Waals surface area (Å²) in [6.45, 7) is -1.03. The molecule has 108 valence electrons. The molecule has 0 atom stereocenters. The van der Waals surface area contributed by atoms with Gasteiger partial charge in [-0.3, -0.25) is 4.79 Å². The van der Waals surface area contributed by atoms with Gasteiger partial charge in [0.25, 0.3) is 0 Å². The molecule has 19 heavy (non-hydrogen) atoms. The summed E-state index contributed by atoms with van der Waals surface area (Å²) in [5, 5.41) is 9.26. The van der Waals surface area contributed by atoms with Crippen molar-refractivity contribution in [3.05, 3.63) is 11.9 Å². The molecule has 0 aliphatic heterocycles. The maximum atomic E-state index is 11.9. The fourth-order valence-electron chi connectivity index (χ4n) is 1.38. The van der Waals surface area contributed by atoms with Crippen molar-refractivity contribution < 1.29 is 18.0 Å². The summed E-state index contributed by atoms with van der Waals surface area (Å²) >= 11 is 0. The van der Waals surface area contributed by atoms with Gasteiger partial charge >= 0.3 is 6.18 Å². The van der Waals surface area contributed by atoms with Crippen molar-refractivity contribution in [3.8, 4) is 0 Å². The summed E-state index contributed by atoms with van der Waals surface area (Å²) in [6.07, 6.45) is -0.467. The second kappa shape index (κ2) is 7.07. The molecule has 3 N–H and O–H groups in total. The van der Waals surface area contributed by atoms with E-state index in [0.717, 1.165) is 12.8 Å². The Morgan fingerprint density at radius 1 is 1.42 bits per heavy atom. The first-order valence-corrected chi connectivity index (χ1v) is 5.83. The monoisotopic (exact) mass is 279 g/mol. The maximum Gasteiger partial charge on any atom is 0.405 e. The lowest BCUT2D eigenvalue weighted by atomic mass is 10.2. The standard InChI is InChI=1S/C10H16F3N5O/c11-10(12,13)7-15-9(19)6-18-5-8(16-17-18)3-1-2-4-14/h5H,1-4,6-7,14H2,(H,15,19). The Morgan fingerprint density at radius 2 is 2.16 bits per heavy atom. The van der Waals surface area contributed by atoms with Gasteiger partial charge in [0.05, 0.1) is 5.69 Å². The number of halogens is 3. The number of carbonyl (C=O) groups is 1. The molecule has 0 saturated carbocycles. The van der Waals surface area contributed by atoms with Crippen LogP contribution in [0.3, 0.4) is 0 Å². The van der Waals surface area contributed by atoms with E-state index in [1.54, 1.807) is 11.5 Å². The first kappa shape index (κ1) is 15.4. The van der Waals surface area contributed by atoms with E-state index in [-0.39, 0.29) is 6.54 Å². The van der Waals surface area contributed by atoms with Gasteiger partial charge in [-0.25, -0.2) is 4.68 Å². The first-order chi connectivity index (χ1) is 8.90. The molecule has 0 bridgehead atoms. The molecule has 1 aromatic rings. The Balaban J connectivity index is 2.34. The predicted octanol–water partition coefficient (Wildman–Crippen LogP) is 0.238. The molecule has 1 heterocycles. The Bertz CT molecular complexity index is 404. The van der Waals surface area contributed by atoms with Crippen molar-refractivity contribution in [1.82, 2.24) is 20.3 Å². The van der Waals surface area contributed by atoms with Gasteiger partial charge in [0.15, 0.2) is 0 Å². The molecule has 0 aliphatic rings. The van der Waals surface area contributed by atoms with Gasteiger partial charge in [0.1, 0.15) is 13.1 Å². The van der Waals surface area contributed by atoms with E-state index in [9.17, 15) is 18.0 Å². The first-order valence-electron chi connectivity index (χ1n) is 5.83. The normalized spacial score (nSPS) is 11.6. The number of nitrogens with one attached hydrogen (secondary N) is 1. The van der Waals surface area contributed by atoms with Gasteiger partial charge < -0.3 is 11.1 Å². The average molecular weight is 279 g/mol. The predicted molar refractivity (Wildman–Crippen MR) is 61.1 cm³/mol. The highest BCUT2D eigenvalue weighted by Gasteiger charge is 2.27. The van der Waals surface area contributed by atoms with Gasteiger partial charge in [0, 0.05) is 6.20 Å². The topological polar surface area (TPSA) is 85.8 Å². The minimum Gasteiger partial charge on any atom is -0.345 e. The van der Waals surface area contributed by atoms with Crippen LogP contribution in [0, 0.1) is 0 Å². The lowest BCUT2D eigenvalue weighted by molar-refractivity contribution is -0.138. The number of nitrogens with zero attached hydrogens (tertiary/aromatic N) is 3. The van der Waals surface area contributed by atoms with E-state index in [2.05, 4.69) is 10.3 Å². The van der Waals surface area contributed by atoms with Crippen LogP contribution in [0.25, 0.3) is 0 Å². The number of amides is 1. The molecule has 9 heteroatoms. The summed E-state index contributed by atoms with van der Waals surface area (Å²) in [5.41, 5.74) is 6.04. The van der Waals surface area contributed by atoms with Crippen LogP contribution in [0.4, 0.5) is 13.2 Å². The number of unbranched alkanes of at least 4 members (excludes halogenated alkanes) is 1. The lowest BCUT2D eigenvalue weighted by Crippen LogP contribution is -2.35. The highest BCUT2D eigenvalue weighted by atomic mass is 19.4. The number of nitrogens with two attached hydrogens (primary N) is 1. The summed E-state index contributed by atoms with van der Waals surface area (Å²) in [4.78, 5) is 11.2. The van der Waals surface area contributed by atoms with Crippen molar-refractivity contribution in [2.75, 3.05) is 13.1 Å². The zero-order valence-corrected chi connectivity index (χ0v) is 10.3. The second-order valence-corrected chi connectivity index (χ2v) is 4.05. The minimum absolute atomic E-state index is 0.278. The zero-order chi connectivity index (χ0) is 14.3. The second-order valence-electron chi connectivity index (χ2n) is 4.05.